The first-order valence-corrected chi connectivity index (χ1v) is 16.8. The number of thioether (sulfide) groups is 1. The largest absolute Gasteiger partial charge is 0.381 e. The number of carbonyl (C=O) groups is 3. The van der Waals surface area contributed by atoms with Gasteiger partial charge in [-0.3, -0.25) is 24.3 Å². The van der Waals surface area contributed by atoms with E-state index >= 15 is 0 Å². The fourth-order valence-corrected chi connectivity index (χ4v) is 7.19. The average molecular weight is 615 g/mol. The van der Waals surface area contributed by atoms with Gasteiger partial charge in [0.2, 0.25) is 17.7 Å². The Labute approximate surface area is 261 Å². The van der Waals surface area contributed by atoms with Gasteiger partial charge in [-0.25, -0.2) is 0 Å². The summed E-state index contributed by atoms with van der Waals surface area (Å²) in [7, 11) is 2.10. The molecule has 3 heterocycles. The van der Waals surface area contributed by atoms with Crippen molar-refractivity contribution in [2.75, 3.05) is 59.5 Å². The third kappa shape index (κ3) is 10.0. The Hall–Kier alpha value is -2.47. The van der Waals surface area contributed by atoms with E-state index in [0.29, 0.717) is 51.1 Å². The Balaban J connectivity index is 1.39. The van der Waals surface area contributed by atoms with Crippen LogP contribution in [0.1, 0.15) is 52.4 Å². The van der Waals surface area contributed by atoms with Gasteiger partial charge in [0.1, 0.15) is 6.04 Å². The van der Waals surface area contributed by atoms with Crippen LogP contribution in [0.4, 0.5) is 0 Å². The van der Waals surface area contributed by atoms with E-state index in [-0.39, 0.29) is 41.0 Å². The molecule has 43 heavy (non-hydrogen) atoms. The SMILES string of the molecule is C=C(CN1CCN(C)CC1)C(=O)NC[C@@H](NC(=O)[C@H](CC1=NC2C=CC(CC)=CC2S1)NC(=O)CCC)C1CCOCC1. The summed E-state index contributed by atoms with van der Waals surface area (Å²) in [5, 5.41) is 10.3. The molecule has 0 radical (unpaired) electrons. The number of piperazine rings is 1. The van der Waals surface area contributed by atoms with Gasteiger partial charge in [0.15, 0.2) is 0 Å². The Morgan fingerprint density at radius 3 is 2.58 bits per heavy atom. The molecular formula is C32H50N6O4S. The van der Waals surface area contributed by atoms with Crippen molar-refractivity contribution in [3.8, 4) is 0 Å². The standard InChI is InChI=1S/C32H50N6O4S/c1-5-7-29(39)34-26(19-30-35-25-9-8-23(6-2)18-28(25)43-30)32(41)36-27(24-10-16-42-17-11-24)20-33-31(40)22(3)21-38-14-12-37(4)13-15-38/h8-9,18,24-28H,3,5-7,10-17,19-21H2,1-2,4H3,(H,33,40)(H,34,39)(H,36,41)/t25?,26-,27+,28?/m0/s1. The number of amides is 3. The quantitative estimate of drug-likeness (QED) is 0.257. The van der Waals surface area contributed by atoms with Gasteiger partial charge in [-0.2, -0.15) is 0 Å². The van der Waals surface area contributed by atoms with Gasteiger partial charge >= 0.3 is 0 Å². The van der Waals surface area contributed by atoms with Crippen LogP contribution < -0.4 is 16.0 Å². The molecule has 0 aromatic carbocycles. The maximum Gasteiger partial charge on any atom is 0.247 e. The molecule has 0 spiro atoms. The smallest absolute Gasteiger partial charge is 0.247 e. The predicted octanol–water partition coefficient (Wildman–Crippen LogP) is 2.28. The normalized spacial score (nSPS) is 24.3. The van der Waals surface area contributed by atoms with E-state index in [9.17, 15) is 14.4 Å². The van der Waals surface area contributed by atoms with Crippen molar-refractivity contribution < 1.29 is 19.1 Å². The number of hydrogen-bond donors (Lipinski definition) is 3. The van der Waals surface area contributed by atoms with Crippen LogP contribution in [0.2, 0.25) is 0 Å². The van der Waals surface area contributed by atoms with Crippen molar-refractivity contribution in [3.05, 3.63) is 36.0 Å². The van der Waals surface area contributed by atoms with Gasteiger partial charge in [0.05, 0.1) is 16.3 Å². The van der Waals surface area contributed by atoms with Crippen LogP contribution in [0, 0.1) is 5.92 Å². The van der Waals surface area contributed by atoms with Crippen molar-refractivity contribution in [2.45, 2.75) is 75.7 Å². The maximum absolute atomic E-state index is 13.8. The lowest BCUT2D eigenvalue weighted by Gasteiger charge is -2.33. The van der Waals surface area contributed by atoms with Gasteiger partial charge in [-0.05, 0) is 38.6 Å². The Bertz CT molecular complexity index is 1090. The van der Waals surface area contributed by atoms with E-state index in [1.54, 1.807) is 11.8 Å². The summed E-state index contributed by atoms with van der Waals surface area (Å²) in [4.78, 5) is 48.9. The van der Waals surface area contributed by atoms with Crippen molar-refractivity contribution in [1.29, 1.82) is 0 Å². The van der Waals surface area contributed by atoms with Crippen LogP contribution >= 0.6 is 11.8 Å². The fraction of sp³-hybridized carbons (Fsp3) is 0.688. The number of aliphatic imine (C=N–C) groups is 1. The summed E-state index contributed by atoms with van der Waals surface area (Å²) in [5.41, 5.74) is 1.82. The second-order valence-electron chi connectivity index (χ2n) is 12.1. The highest BCUT2D eigenvalue weighted by molar-refractivity contribution is 8.14. The third-order valence-corrected chi connectivity index (χ3v) is 9.91. The zero-order chi connectivity index (χ0) is 30.8. The first-order valence-electron chi connectivity index (χ1n) is 15.9. The molecule has 238 valence electrons. The minimum atomic E-state index is -0.741. The van der Waals surface area contributed by atoms with Crippen molar-refractivity contribution >= 4 is 34.5 Å². The summed E-state index contributed by atoms with van der Waals surface area (Å²) in [6.07, 6.45) is 10.5. The zero-order valence-corrected chi connectivity index (χ0v) is 26.9. The molecule has 2 fully saturated rings. The average Bonchev–Trinajstić information content (AvgIpc) is 3.41. The number of allylic oxidation sites excluding steroid dienone is 2. The van der Waals surface area contributed by atoms with Crippen LogP contribution in [0.5, 0.6) is 0 Å². The van der Waals surface area contributed by atoms with E-state index in [1.807, 2.05) is 6.92 Å². The number of hydrogen-bond acceptors (Lipinski definition) is 8. The lowest BCUT2D eigenvalue weighted by molar-refractivity contribution is -0.129. The number of rotatable bonds is 14. The van der Waals surface area contributed by atoms with Crippen LogP contribution in [-0.4, -0.2) is 115 Å². The van der Waals surface area contributed by atoms with Crippen molar-refractivity contribution in [2.24, 2.45) is 10.9 Å². The van der Waals surface area contributed by atoms with Gasteiger partial charge < -0.3 is 25.6 Å². The lowest BCUT2D eigenvalue weighted by atomic mass is 9.91. The molecule has 3 N–H and O–H groups in total. The van der Waals surface area contributed by atoms with Crippen molar-refractivity contribution in [1.82, 2.24) is 25.8 Å². The Morgan fingerprint density at radius 2 is 1.88 bits per heavy atom. The van der Waals surface area contributed by atoms with E-state index < -0.39 is 6.04 Å². The molecule has 4 aliphatic rings. The molecule has 3 aliphatic heterocycles. The molecule has 11 heteroatoms. The molecule has 4 atom stereocenters. The summed E-state index contributed by atoms with van der Waals surface area (Å²) >= 11 is 1.68. The summed E-state index contributed by atoms with van der Waals surface area (Å²) in [6, 6.07) is -0.968. The van der Waals surface area contributed by atoms with E-state index in [0.717, 1.165) is 50.5 Å². The molecule has 2 saturated heterocycles. The Kier molecular flexibility index (Phi) is 12.9. The fourth-order valence-electron chi connectivity index (χ4n) is 5.90. The second-order valence-corrected chi connectivity index (χ2v) is 13.3. The van der Waals surface area contributed by atoms with Gasteiger partial charge in [-0.1, -0.05) is 44.2 Å². The molecule has 0 aromatic rings. The van der Waals surface area contributed by atoms with Gasteiger partial charge in [-0.15, -0.1) is 11.8 Å². The number of fused-ring (bicyclic) bond motifs is 1. The molecule has 0 bridgehead atoms. The maximum atomic E-state index is 13.8. The number of nitrogens with zero attached hydrogens (tertiary/aromatic N) is 3. The summed E-state index contributed by atoms with van der Waals surface area (Å²) < 4.78 is 5.58. The second kappa shape index (κ2) is 16.6. The Morgan fingerprint density at radius 1 is 1.14 bits per heavy atom. The number of likely N-dealkylation sites (N-methyl/N-ethyl adjacent to an activating group) is 1. The van der Waals surface area contributed by atoms with E-state index in [4.69, 9.17) is 9.73 Å². The highest BCUT2D eigenvalue weighted by Crippen LogP contribution is 2.35. The topological polar surface area (TPSA) is 115 Å². The molecule has 4 rings (SSSR count). The first kappa shape index (κ1) is 33.4. The van der Waals surface area contributed by atoms with E-state index in [2.05, 4.69) is 64.5 Å². The highest BCUT2D eigenvalue weighted by Gasteiger charge is 2.34. The van der Waals surface area contributed by atoms with Crippen LogP contribution in [0.3, 0.4) is 0 Å². The lowest BCUT2D eigenvalue weighted by Crippen LogP contribution is -2.55. The zero-order valence-electron chi connectivity index (χ0n) is 26.1. The predicted molar refractivity (Wildman–Crippen MR) is 173 cm³/mol. The molecule has 0 aromatic heterocycles. The number of nitrogens with one attached hydrogen (secondary N) is 3. The molecular weight excluding hydrogens is 564 g/mol. The third-order valence-electron chi connectivity index (χ3n) is 8.68. The van der Waals surface area contributed by atoms with Crippen LogP contribution in [0.25, 0.3) is 0 Å². The van der Waals surface area contributed by atoms with Crippen molar-refractivity contribution in [3.63, 3.8) is 0 Å². The first-order chi connectivity index (χ1) is 20.7. The van der Waals surface area contributed by atoms with Crippen LogP contribution in [0.15, 0.2) is 40.9 Å². The van der Waals surface area contributed by atoms with Crippen LogP contribution in [-0.2, 0) is 19.1 Å². The monoisotopic (exact) mass is 614 g/mol. The summed E-state index contributed by atoms with van der Waals surface area (Å²) in [5.74, 6) is -0.428. The molecule has 2 unspecified atom stereocenters. The summed E-state index contributed by atoms with van der Waals surface area (Å²) in [6.45, 7) is 14.0. The molecule has 3 amide bonds. The van der Waals surface area contributed by atoms with E-state index in [1.165, 1.54) is 5.57 Å². The minimum Gasteiger partial charge on any atom is -0.381 e. The highest BCUT2D eigenvalue weighted by atomic mass is 32.2. The van der Waals surface area contributed by atoms with Gasteiger partial charge in [0.25, 0.3) is 0 Å². The molecule has 0 saturated carbocycles. The molecule has 10 nitrogen and oxygen atoms in total. The molecule has 1 aliphatic carbocycles. The minimum absolute atomic E-state index is 0.0644. The number of ether oxygens (including phenoxy) is 1. The number of carbonyl (C=O) groups excluding carboxylic acids is 3. The van der Waals surface area contributed by atoms with Gasteiger partial charge in [0, 0.05) is 76.9 Å².